The lowest BCUT2D eigenvalue weighted by Gasteiger charge is -2.16. The molecule has 1 heterocycles. The molecule has 116 valence electrons. The quantitative estimate of drug-likeness (QED) is 0.593. The third-order valence-corrected chi connectivity index (χ3v) is 2.49. The second-order valence-electron chi connectivity index (χ2n) is 4.82. The molecule has 1 aromatic rings. The Kier molecular flexibility index (Phi) is 5.85. The molecule has 0 radical (unpaired) electrons. The molecule has 0 aliphatic carbocycles. The van der Waals surface area contributed by atoms with Crippen molar-refractivity contribution in [2.24, 2.45) is 5.73 Å². The molecule has 4 N–H and O–H groups in total. The summed E-state index contributed by atoms with van der Waals surface area (Å²) in [6.07, 6.45) is 0. The topological polar surface area (TPSA) is 139 Å². The van der Waals surface area contributed by atoms with E-state index in [0.717, 1.165) is 4.90 Å². The van der Waals surface area contributed by atoms with Gasteiger partial charge in [-0.15, -0.1) is 0 Å². The van der Waals surface area contributed by atoms with Gasteiger partial charge in [0.2, 0.25) is 17.7 Å². The van der Waals surface area contributed by atoms with Crippen LogP contribution < -0.4 is 11.1 Å². The summed E-state index contributed by atoms with van der Waals surface area (Å²) in [7, 11) is 0. The molecule has 0 unspecified atom stereocenters. The molecule has 0 saturated heterocycles. The van der Waals surface area contributed by atoms with Crippen molar-refractivity contribution >= 4 is 23.7 Å². The van der Waals surface area contributed by atoms with E-state index in [0.29, 0.717) is 5.69 Å². The van der Waals surface area contributed by atoms with Gasteiger partial charge in [-0.1, -0.05) is 19.0 Å². The fourth-order valence-corrected chi connectivity index (χ4v) is 1.58. The minimum Gasteiger partial charge on any atom is -0.480 e. The van der Waals surface area contributed by atoms with Crippen LogP contribution >= 0.6 is 0 Å². The lowest BCUT2D eigenvalue weighted by Crippen LogP contribution is -2.41. The Labute approximate surface area is 121 Å². The van der Waals surface area contributed by atoms with Gasteiger partial charge in [0.15, 0.2) is 0 Å². The Hall–Kier alpha value is -2.42. The molecule has 0 spiro atoms. The number of carboxylic acid groups (broad SMARTS) is 1. The van der Waals surface area contributed by atoms with Gasteiger partial charge in [0.1, 0.15) is 0 Å². The molecule has 0 aromatic carbocycles. The van der Waals surface area contributed by atoms with E-state index in [9.17, 15) is 14.4 Å². The highest BCUT2D eigenvalue weighted by Crippen LogP contribution is 2.17. The van der Waals surface area contributed by atoms with E-state index in [4.69, 9.17) is 15.4 Å². The largest absolute Gasteiger partial charge is 0.480 e. The average molecular weight is 298 g/mol. The first-order chi connectivity index (χ1) is 9.77. The first-order valence-electron chi connectivity index (χ1n) is 6.27. The molecule has 21 heavy (non-hydrogen) atoms. The number of aromatic nitrogens is 1. The lowest BCUT2D eigenvalue weighted by atomic mass is 10.1. The van der Waals surface area contributed by atoms with Gasteiger partial charge < -0.3 is 15.4 Å². The summed E-state index contributed by atoms with van der Waals surface area (Å²) in [6, 6.07) is 1.58. The predicted molar refractivity (Wildman–Crippen MR) is 72.5 cm³/mol. The lowest BCUT2D eigenvalue weighted by molar-refractivity contribution is -0.138. The summed E-state index contributed by atoms with van der Waals surface area (Å²) in [5.74, 6) is -2.09. The number of hydrogen-bond donors (Lipinski definition) is 3. The minimum absolute atomic E-state index is 0.151. The van der Waals surface area contributed by atoms with Crippen molar-refractivity contribution in [3.63, 3.8) is 0 Å². The maximum atomic E-state index is 11.8. The fraction of sp³-hybridized carbons (Fsp3) is 0.500. The summed E-state index contributed by atoms with van der Waals surface area (Å²) in [6.45, 7) is 2.75. The normalized spacial score (nSPS) is 10.9. The molecular weight excluding hydrogens is 280 g/mol. The van der Waals surface area contributed by atoms with E-state index in [-0.39, 0.29) is 24.9 Å². The highest BCUT2D eigenvalue weighted by atomic mass is 16.5. The molecule has 0 bridgehead atoms. The van der Waals surface area contributed by atoms with Crippen molar-refractivity contribution in [3.8, 4) is 0 Å². The second kappa shape index (κ2) is 7.39. The number of nitrogens with one attached hydrogen (secondary N) is 1. The van der Waals surface area contributed by atoms with Crippen molar-refractivity contribution in [1.29, 1.82) is 0 Å². The number of aliphatic carboxylic acids is 1. The van der Waals surface area contributed by atoms with Crippen molar-refractivity contribution < 1.29 is 24.0 Å². The molecule has 0 aliphatic rings. The number of anilines is 1. The summed E-state index contributed by atoms with van der Waals surface area (Å²) in [4.78, 5) is 34.4. The van der Waals surface area contributed by atoms with E-state index in [1.54, 1.807) is 6.07 Å². The molecule has 0 aliphatic heterocycles. The number of carbonyl (C=O) groups excluding carboxylic acids is 2. The molecule has 2 amide bonds. The number of carboxylic acids is 1. The maximum absolute atomic E-state index is 11.8. The number of carbonyl (C=O) groups is 3. The van der Waals surface area contributed by atoms with Crippen molar-refractivity contribution in [1.82, 2.24) is 10.1 Å². The summed E-state index contributed by atoms with van der Waals surface area (Å²) in [5, 5.41) is 14.9. The SMILES string of the molecule is CC(C)c1cc(NC(=O)CN(CC(N)=O)CC(=O)O)on1. The molecule has 9 nitrogen and oxygen atoms in total. The smallest absolute Gasteiger partial charge is 0.317 e. The monoisotopic (exact) mass is 298 g/mol. The molecule has 9 heteroatoms. The van der Waals surface area contributed by atoms with Gasteiger partial charge in [0, 0.05) is 6.07 Å². The van der Waals surface area contributed by atoms with E-state index < -0.39 is 24.3 Å². The third kappa shape index (κ3) is 6.04. The Morgan fingerprint density at radius 1 is 1.38 bits per heavy atom. The number of nitrogens with zero attached hydrogens (tertiary/aromatic N) is 2. The molecule has 0 fully saturated rings. The molecule has 0 saturated carbocycles. The predicted octanol–water partition coefficient (Wildman–Crippen LogP) is -0.392. The van der Waals surface area contributed by atoms with Crippen LogP contribution in [0.4, 0.5) is 5.88 Å². The van der Waals surface area contributed by atoms with Crippen LogP contribution in [0, 0.1) is 0 Å². The zero-order valence-electron chi connectivity index (χ0n) is 11.8. The zero-order valence-corrected chi connectivity index (χ0v) is 11.8. The number of hydrogen-bond acceptors (Lipinski definition) is 6. The van der Waals surface area contributed by atoms with Gasteiger partial charge in [0.25, 0.3) is 0 Å². The van der Waals surface area contributed by atoms with E-state index >= 15 is 0 Å². The highest BCUT2D eigenvalue weighted by molar-refractivity contribution is 5.91. The summed E-state index contributed by atoms with van der Waals surface area (Å²) in [5.41, 5.74) is 5.69. The van der Waals surface area contributed by atoms with Crippen molar-refractivity contribution in [2.45, 2.75) is 19.8 Å². The van der Waals surface area contributed by atoms with Gasteiger partial charge in [-0.05, 0) is 5.92 Å². The van der Waals surface area contributed by atoms with Crippen molar-refractivity contribution in [2.75, 3.05) is 25.0 Å². The fourth-order valence-electron chi connectivity index (χ4n) is 1.58. The number of rotatable bonds is 8. The van der Waals surface area contributed by atoms with Crippen LogP contribution in [-0.2, 0) is 14.4 Å². The van der Waals surface area contributed by atoms with E-state index in [2.05, 4.69) is 10.5 Å². The van der Waals surface area contributed by atoms with Gasteiger partial charge in [-0.25, -0.2) is 0 Å². The Morgan fingerprint density at radius 3 is 2.52 bits per heavy atom. The minimum atomic E-state index is -1.16. The van der Waals surface area contributed by atoms with Crippen LogP contribution in [0.3, 0.4) is 0 Å². The average Bonchev–Trinajstić information content (AvgIpc) is 2.75. The summed E-state index contributed by atoms with van der Waals surface area (Å²) >= 11 is 0. The maximum Gasteiger partial charge on any atom is 0.317 e. The standard InChI is InChI=1S/C12H18N4O5/c1-7(2)8-3-11(21-15-8)14-10(18)5-16(4-9(13)17)6-12(19)20/h3,7H,4-6H2,1-2H3,(H2,13,17)(H,14,18)(H,19,20). The Bertz CT molecular complexity index is 509. The van der Waals surface area contributed by atoms with Crippen LogP contribution in [0.15, 0.2) is 10.6 Å². The van der Waals surface area contributed by atoms with Gasteiger partial charge >= 0.3 is 5.97 Å². The van der Waals surface area contributed by atoms with Gasteiger partial charge in [0.05, 0.1) is 25.3 Å². The van der Waals surface area contributed by atoms with Crippen LogP contribution in [-0.4, -0.2) is 52.6 Å². The zero-order chi connectivity index (χ0) is 16.0. The summed E-state index contributed by atoms with van der Waals surface area (Å²) < 4.78 is 4.93. The molecule has 1 rings (SSSR count). The Balaban J connectivity index is 2.59. The Morgan fingerprint density at radius 2 is 2.05 bits per heavy atom. The first kappa shape index (κ1) is 16.6. The van der Waals surface area contributed by atoms with E-state index in [1.165, 1.54) is 0 Å². The second-order valence-corrected chi connectivity index (χ2v) is 4.82. The number of primary amides is 1. The molecular formula is C12H18N4O5. The third-order valence-electron chi connectivity index (χ3n) is 2.49. The first-order valence-corrected chi connectivity index (χ1v) is 6.27. The van der Waals surface area contributed by atoms with Gasteiger partial charge in [-0.3, -0.25) is 24.6 Å². The van der Waals surface area contributed by atoms with Crippen LogP contribution in [0.5, 0.6) is 0 Å². The van der Waals surface area contributed by atoms with Crippen LogP contribution in [0.25, 0.3) is 0 Å². The highest BCUT2D eigenvalue weighted by Gasteiger charge is 2.17. The molecule has 0 atom stereocenters. The number of nitrogens with two attached hydrogens (primary N) is 1. The van der Waals surface area contributed by atoms with E-state index in [1.807, 2.05) is 13.8 Å². The van der Waals surface area contributed by atoms with Crippen LogP contribution in [0.2, 0.25) is 0 Å². The molecule has 1 aromatic heterocycles. The van der Waals surface area contributed by atoms with Crippen LogP contribution in [0.1, 0.15) is 25.5 Å². The number of amides is 2. The van der Waals surface area contributed by atoms with Gasteiger partial charge in [-0.2, -0.15) is 0 Å². The van der Waals surface area contributed by atoms with Crippen molar-refractivity contribution in [3.05, 3.63) is 11.8 Å².